The van der Waals surface area contributed by atoms with Crippen LogP contribution in [0.5, 0.6) is 5.75 Å². The number of nitrogens with zero attached hydrogens (tertiary/aromatic N) is 1. The number of rotatable bonds is 2. The van der Waals surface area contributed by atoms with Gasteiger partial charge < -0.3 is 14.4 Å². The average molecular weight is 284 g/mol. The van der Waals surface area contributed by atoms with Crippen LogP contribution in [-0.4, -0.2) is 31.8 Å². The summed E-state index contributed by atoms with van der Waals surface area (Å²) in [6, 6.07) is 3.39. The molecule has 0 N–H and O–H groups in total. The van der Waals surface area contributed by atoms with E-state index < -0.39 is 5.97 Å². The Balaban J connectivity index is 2.54. The number of hydrogen-bond donors (Lipinski definition) is 0. The molecule has 1 aliphatic heterocycles. The zero-order valence-electron chi connectivity index (χ0n) is 11.6. The Labute approximate surface area is 118 Å². The number of likely N-dealkylation sites (N-methyl/N-ethyl adjacent to an activating group) is 1. The molecule has 1 aromatic rings. The minimum absolute atomic E-state index is 0.319. The molecule has 1 aliphatic rings. The van der Waals surface area contributed by atoms with Crippen LogP contribution in [0.15, 0.2) is 12.1 Å². The maximum atomic E-state index is 12.0. The molecular formula is C14H18ClNO3. The van der Waals surface area contributed by atoms with Gasteiger partial charge in [-0.25, -0.2) is 4.79 Å². The van der Waals surface area contributed by atoms with Crippen molar-refractivity contribution in [1.82, 2.24) is 0 Å². The molecule has 0 saturated carbocycles. The van der Waals surface area contributed by atoms with Crippen molar-refractivity contribution < 1.29 is 14.3 Å². The maximum Gasteiger partial charge on any atom is 0.342 e. The predicted octanol–water partition coefficient (Wildman–Crippen LogP) is 3.12. The van der Waals surface area contributed by atoms with Gasteiger partial charge in [0, 0.05) is 12.1 Å². The highest BCUT2D eigenvalue weighted by Gasteiger charge is 2.33. The second-order valence-corrected chi connectivity index (χ2v) is 5.68. The number of carbonyl (C=O) groups is 1. The van der Waals surface area contributed by atoms with Gasteiger partial charge in [0.05, 0.1) is 18.8 Å². The Morgan fingerprint density at radius 1 is 1.53 bits per heavy atom. The van der Waals surface area contributed by atoms with Gasteiger partial charge in [-0.1, -0.05) is 11.6 Å². The maximum absolute atomic E-state index is 12.0. The van der Waals surface area contributed by atoms with Crippen LogP contribution < -0.4 is 9.64 Å². The largest absolute Gasteiger partial charge is 0.483 e. The summed E-state index contributed by atoms with van der Waals surface area (Å²) < 4.78 is 11.0. The van der Waals surface area contributed by atoms with Crippen LogP contribution in [0, 0.1) is 0 Å². The van der Waals surface area contributed by atoms with Crippen LogP contribution in [0.3, 0.4) is 0 Å². The lowest BCUT2D eigenvalue weighted by Crippen LogP contribution is -2.45. The minimum atomic E-state index is -0.410. The first kappa shape index (κ1) is 14.0. The van der Waals surface area contributed by atoms with Crippen molar-refractivity contribution >= 4 is 23.3 Å². The number of benzene rings is 1. The molecule has 5 heteroatoms. The first-order valence-electron chi connectivity index (χ1n) is 6.25. The molecule has 0 saturated heterocycles. The van der Waals surface area contributed by atoms with Crippen LogP contribution in [0.4, 0.5) is 5.69 Å². The molecule has 104 valence electrons. The number of ether oxygens (including phenoxy) is 2. The topological polar surface area (TPSA) is 38.8 Å². The van der Waals surface area contributed by atoms with Gasteiger partial charge in [0.2, 0.25) is 0 Å². The van der Waals surface area contributed by atoms with Crippen LogP contribution in [-0.2, 0) is 4.74 Å². The van der Waals surface area contributed by atoms with Crippen molar-refractivity contribution in [3.05, 3.63) is 22.7 Å². The van der Waals surface area contributed by atoms with Gasteiger partial charge >= 0.3 is 5.97 Å². The van der Waals surface area contributed by atoms with Crippen molar-refractivity contribution in [1.29, 1.82) is 0 Å². The molecule has 0 spiro atoms. The molecule has 0 fully saturated rings. The van der Waals surface area contributed by atoms with Crippen LogP contribution in [0.25, 0.3) is 0 Å². The van der Waals surface area contributed by atoms with Crippen molar-refractivity contribution in [3.8, 4) is 5.75 Å². The Morgan fingerprint density at radius 2 is 2.21 bits per heavy atom. The van der Waals surface area contributed by atoms with Crippen LogP contribution in [0.1, 0.15) is 31.1 Å². The van der Waals surface area contributed by atoms with Gasteiger partial charge in [0.25, 0.3) is 0 Å². The Bertz CT molecular complexity index is 514. The first-order valence-corrected chi connectivity index (χ1v) is 6.62. The highest BCUT2D eigenvalue weighted by molar-refractivity contribution is 6.31. The van der Waals surface area contributed by atoms with Crippen molar-refractivity contribution in [3.63, 3.8) is 0 Å². The predicted molar refractivity (Wildman–Crippen MR) is 75.4 cm³/mol. The minimum Gasteiger partial charge on any atom is -0.483 e. The smallest absolute Gasteiger partial charge is 0.342 e. The normalized spacial score (nSPS) is 16.6. The molecule has 1 aromatic carbocycles. The number of anilines is 1. The number of esters is 1. The zero-order valence-corrected chi connectivity index (χ0v) is 12.4. The van der Waals surface area contributed by atoms with E-state index in [-0.39, 0.29) is 5.60 Å². The van der Waals surface area contributed by atoms with Gasteiger partial charge in [0.1, 0.15) is 11.2 Å². The van der Waals surface area contributed by atoms with E-state index in [0.717, 1.165) is 12.2 Å². The van der Waals surface area contributed by atoms with Crippen molar-refractivity contribution in [2.75, 3.05) is 25.1 Å². The summed E-state index contributed by atoms with van der Waals surface area (Å²) in [5.41, 5.74) is 0.829. The molecule has 1 heterocycles. The van der Waals surface area contributed by atoms with Gasteiger partial charge in [-0.05, 0) is 32.9 Å². The summed E-state index contributed by atoms with van der Waals surface area (Å²) >= 11 is 6.07. The quantitative estimate of drug-likeness (QED) is 0.782. The third-order valence-corrected chi connectivity index (χ3v) is 3.16. The lowest BCUT2D eigenvalue weighted by molar-refractivity contribution is 0.0507. The van der Waals surface area contributed by atoms with Gasteiger partial charge in [0.15, 0.2) is 5.75 Å². The molecule has 0 radical (unpaired) electrons. The van der Waals surface area contributed by atoms with E-state index in [2.05, 4.69) is 0 Å². The lowest BCUT2D eigenvalue weighted by Gasteiger charge is -2.39. The lowest BCUT2D eigenvalue weighted by atomic mass is 10.0. The second kappa shape index (κ2) is 4.93. The summed E-state index contributed by atoms with van der Waals surface area (Å²) in [4.78, 5) is 14.0. The van der Waals surface area contributed by atoms with Gasteiger partial charge in [-0.2, -0.15) is 0 Å². The number of hydrogen-bond acceptors (Lipinski definition) is 4. The fourth-order valence-corrected chi connectivity index (χ4v) is 2.51. The van der Waals surface area contributed by atoms with E-state index >= 15 is 0 Å². The summed E-state index contributed by atoms with van der Waals surface area (Å²) in [6.07, 6.45) is 0. The Kier molecular flexibility index (Phi) is 3.63. The monoisotopic (exact) mass is 283 g/mol. The van der Waals surface area contributed by atoms with E-state index in [4.69, 9.17) is 21.1 Å². The van der Waals surface area contributed by atoms with Crippen molar-refractivity contribution in [2.45, 2.75) is 26.4 Å². The molecule has 0 aromatic heterocycles. The highest BCUT2D eigenvalue weighted by Crippen LogP contribution is 2.41. The third kappa shape index (κ3) is 2.78. The molecule has 0 atom stereocenters. The van der Waals surface area contributed by atoms with E-state index in [9.17, 15) is 4.79 Å². The number of carbonyl (C=O) groups excluding carboxylic acids is 1. The standard InChI is InChI=1S/C14H18ClNO3/c1-5-18-13(17)10-6-9(15)7-11-12(10)19-14(2,3)8-16(11)4/h6-7H,5,8H2,1-4H3. The molecule has 19 heavy (non-hydrogen) atoms. The SMILES string of the molecule is CCOC(=O)c1cc(Cl)cc2c1OC(C)(C)CN2C. The summed E-state index contributed by atoms with van der Waals surface area (Å²) in [5, 5.41) is 0.497. The first-order chi connectivity index (χ1) is 8.84. The Hall–Kier alpha value is -1.42. The van der Waals surface area contributed by atoms with E-state index in [1.807, 2.05) is 25.8 Å². The van der Waals surface area contributed by atoms with Gasteiger partial charge in [-0.3, -0.25) is 0 Å². The second-order valence-electron chi connectivity index (χ2n) is 5.24. The summed E-state index contributed by atoms with van der Waals surface area (Å²) in [6.45, 7) is 6.78. The average Bonchev–Trinajstić information content (AvgIpc) is 2.28. The van der Waals surface area contributed by atoms with Crippen molar-refractivity contribution in [2.24, 2.45) is 0 Å². The van der Waals surface area contributed by atoms with Crippen LogP contribution >= 0.6 is 11.6 Å². The molecule has 4 nitrogen and oxygen atoms in total. The highest BCUT2D eigenvalue weighted by atomic mass is 35.5. The number of halogens is 1. The molecule has 2 rings (SSSR count). The fraction of sp³-hybridized carbons (Fsp3) is 0.500. The molecule has 0 aliphatic carbocycles. The summed E-state index contributed by atoms with van der Waals surface area (Å²) in [7, 11) is 1.95. The summed E-state index contributed by atoms with van der Waals surface area (Å²) in [5.74, 6) is 0.133. The third-order valence-electron chi connectivity index (χ3n) is 2.94. The zero-order chi connectivity index (χ0) is 14.2. The Morgan fingerprint density at radius 3 is 2.84 bits per heavy atom. The molecule has 0 unspecified atom stereocenters. The van der Waals surface area contributed by atoms with E-state index in [1.165, 1.54) is 0 Å². The fourth-order valence-electron chi connectivity index (χ4n) is 2.30. The van der Waals surface area contributed by atoms with E-state index in [0.29, 0.717) is 22.9 Å². The molecule has 0 bridgehead atoms. The van der Waals surface area contributed by atoms with Gasteiger partial charge in [-0.15, -0.1) is 0 Å². The molecular weight excluding hydrogens is 266 g/mol. The number of fused-ring (bicyclic) bond motifs is 1. The molecule has 0 amide bonds. The van der Waals surface area contributed by atoms with Crippen LogP contribution in [0.2, 0.25) is 5.02 Å². The van der Waals surface area contributed by atoms with E-state index in [1.54, 1.807) is 19.1 Å².